The first-order chi connectivity index (χ1) is 9.10. The summed E-state index contributed by atoms with van der Waals surface area (Å²) >= 11 is 1.43. The maximum absolute atomic E-state index is 11.5. The maximum atomic E-state index is 11.5. The van der Waals surface area contributed by atoms with Gasteiger partial charge in [-0.15, -0.1) is 11.3 Å². The van der Waals surface area contributed by atoms with E-state index in [-0.39, 0.29) is 5.78 Å². The zero-order valence-electron chi connectivity index (χ0n) is 11.4. The molecule has 0 atom stereocenters. The van der Waals surface area contributed by atoms with Gasteiger partial charge < -0.3 is 4.74 Å². The molecule has 0 saturated heterocycles. The van der Waals surface area contributed by atoms with Crippen LogP contribution in [0.5, 0.6) is 5.75 Å². The summed E-state index contributed by atoms with van der Waals surface area (Å²) in [6.45, 7) is 6.03. The molecule has 0 aliphatic rings. The van der Waals surface area contributed by atoms with Gasteiger partial charge in [0.25, 0.3) is 0 Å². The number of hydrogen-bond acceptors (Lipinski definition) is 4. The van der Waals surface area contributed by atoms with Crippen molar-refractivity contribution in [2.75, 3.05) is 0 Å². The summed E-state index contributed by atoms with van der Waals surface area (Å²) < 4.78 is 5.70. The molecule has 0 saturated carbocycles. The fraction of sp³-hybridized carbons (Fsp3) is 0.333. The summed E-state index contributed by atoms with van der Waals surface area (Å²) in [7, 11) is 0. The highest BCUT2D eigenvalue weighted by atomic mass is 32.1. The standard InChI is InChI=1S/C15H17NO2S/c1-4-13-15(11(3)17)19-14(16-13)9-18-12-7-5-6-10(2)8-12/h5-8H,4,9H2,1-3H3. The third kappa shape index (κ3) is 3.41. The van der Waals surface area contributed by atoms with Crippen molar-refractivity contribution in [3.8, 4) is 5.75 Å². The van der Waals surface area contributed by atoms with Crippen molar-refractivity contribution in [3.05, 3.63) is 45.4 Å². The molecule has 1 aromatic carbocycles. The van der Waals surface area contributed by atoms with Crippen molar-refractivity contribution >= 4 is 17.1 Å². The average molecular weight is 275 g/mol. The van der Waals surface area contributed by atoms with E-state index in [1.807, 2.05) is 38.1 Å². The van der Waals surface area contributed by atoms with E-state index in [1.54, 1.807) is 6.92 Å². The third-order valence-corrected chi connectivity index (χ3v) is 3.92. The van der Waals surface area contributed by atoms with Crippen molar-refractivity contribution in [1.82, 2.24) is 4.98 Å². The largest absolute Gasteiger partial charge is 0.486 e. The van der Waals surface area contributed by atoms with Crippen LogP contribution in [0.2, 0.25) is 0 Å². The quantitative estimate of drug-likeness (QED) is 0.779. The van der Waals surface area contributed by atoms with E-state index in [1.165, 1.54) is 11.3 Å². The number of aromatic nitrogens is 1. The van der Waals surface area contributed by atoms with Gasteiger partial charge in [-0.25, -0.2) is 4.98 Å². The van der Waals surface area contributed by atoms with E-state index in [0.717, 1.165) is 33.3 Å². The number of Topliss-reactive ketones (excluding diaryl/α,β-unsaturated/α-hetero) is 1. The molecule has 0 bridgehead atoms. The molecule has 1 aromatic heterocycles. The second-order valence-corrected chi connectivity index (χ2v) is 5.48. The van der Waals surface area contributed by atoms with Gasteiger partial charge >= 0.3 is 0 Å². The lowest BCUT2D eigenvalue weighted by atomic mass is 10.2. The Morgan fingerprint density at radius 2 is 2.21 bits per heavy atom. The average Bonchev–Trinajstić information content (AvgIpc) is 2.80. The van der Waals surface area contributed by atoms with Gasteiger partial charge in [-0.1, -0.05) is 19.1 Å². The molecule has 3 nitrogen and oxygen atoms in total. The predicted octanol–water partition coefficient (Wildman–Crippen LogP) is 3.80. The summed E-state index contributed by atoms with van der Waals surface area (Å²) in [6, 6.07) is 7.90. The number of carbonyl (C=O) groups excluding carboxylic acids is 1. The second kappa shape index (κ2) is 5.97. The lowest BCUT2D eigenvalue weighted by molar-refractivity contribution is 0.102. The number of benzene rings is 1. The third-order valence-electron chi connectivity index (χ3n) is 2.75. The van der Waals surface area contributed by atoms with Crippen LogP contribution in [0.3, 0.4) is 0 Å². The van der Waals surface area contributed by atoms with Gasteiger partial charge in [0, 0.05) is 6.92 Å². The van der Waals surface area contributed by atoms with Crippen LogP contribution in [-0.4, -0.2) is 10.8 Å². The summed E-state index contributed by atoms with van der Waals surface area (Å²) in [5.74, 6) is 0.911. The number of aryl methyl sites for hydroxylation is 2. The van der Waals surface area contributed by atoms with Gasteiger partial charge in [0.05, 0.1) is 10.6 Å². The molecule has 0 spiro atoms. The Kier molecular flexibility index (Phi) is 4.32. The van der Waals surface area contributed by atoms with Gasteiger partial charge in [-0.05, 0) is 31.0 Å². The molecule has 19 heavy (non-hydrogen) atoms. The van der Waals surface area contributed by atoms with Crippen LogP contribution in [0, 0.1) is 6.92 Å². The zero-order valence-corrected chi connectivity index (χ0v) is 12.2. The zero-order chi connectivity index (χ0) is 13.8. The van der Waals surface area contributed by atoms with E-state index in [4.69, 9.17) is 4.74 Å². The molecule has 100 valence electrons. The van der Waals surface area contributed by atoms with Gasteiger partial charge in [0.1, 0.15) is 17.4 Å². The molecule has 0 radical (unpaired) electrons. The smallest absolute Gasteiger partial charge is 0.171 e. The van der Waals surface area contributed by atoms with Crippen LogP contribution >= 0.6 is 11.3 Å². The van der Waals surface area contributed by atoms with Crippen LogP contribution in [0.15, 0.2) is 24.3 Å². The summed E-state index contributed by atoms with van der Waals surface area (Å²) in [5, 5.41) is 0.851. The Labute approximate surface area is 117 Å². The summed E-state index contributed by atoms with van der Waals surface area (Å²) in [6.07, 6.45) is 0.774. The summed E-state index contributed by atoms with van der Waals surface area (Å²) in [5.41, 5.74) is 2.04. The number of carbonyl (C=O) groups is 1. The van der Waals surface area contributed by atoms with Gasteiger partial charge in [-0.3, -0.25) is 4.79 Å². The van der Waals surface area contributed by atoms with Crippen LogP contribution in [0.1, 0.15) is 39.8 Å². The Hall–Kier alpha value is -1.68. The number of hydrogen-bond donors (Lipinski definition) is 0. The molecule has 0 unspecified atom stereocenters. The van der Waals surface area contributed by atoms with E-state index in [2.05, 4.69) is 4.98 Å². The van der Waals surface area contributed by atoms with Crippen molar-refractivity contribution in [2.24, 2.45) is 0 Å². The molecule has 2 aromatic rings. The minimum atomic E-state index is 0.0798. The van der Waals surface area contributed by atoms with Crippen LogP contribution < -0.4 is 4.74 Å². The van der Waals surface area contributed by atoms with Crippen molar-refractivity contribution in [2.45, 2.75) is 33.8 Å². The van der Waals surface area contributed by atoms with Crippen LogP contribution in [0.4, 0.5) is 0 Å². The minimum absolute atomic E-state index is 0.0798. The Balaban J connectivity index is 2.09. The molecule has 0 N–H and O–H groups in total. The number of ketones is 1. The molecule has 0 amide bonds. The van der Waals surface area contributed by atoms with Crippen molar-refractivity contribution in [3.63, 3.8) is 0 Å². The van der Waals surface area contributed by atoms with E-state index < -0.39 is 0 Å². The first-order valence-corrected chi connectivity index (χ1v) is 7.10. The Morgan fingerprint density at radius 1 is 1.42 bits per heavy atom. The first-order valence-electron chi connectivity index (χ1n) is 6.29. The van der Waals surface area contributed by atoms with E-state index in [0.29, 0.717) is 6.61 Å². The second-order valence-electron chi connectivity index (χ2n) is 4.40. The molecule has 0 aliphatic heterocycles. The first kappa shape index (κ1) is 13.7. The number of nitrogens with zero attached hydrogens (tertiary/aromatic N) is 1. The Bertz CT molecular complexity index is 590. The highest BCUT2D eigenvalue weighted by Gasteiger charge is 2.13. The summed E-state index contributed by atoms with van der Waals surface area (Å²) in [4.78, 5) is 16.7. The fourth-order valence-electron chi connectivity index (χ4n) is 1.83. The molecule has 1 heterocycles. The van der Waals surface area contributed by atoms with Gasteiger partial charge in [0.2, 0.25) is 0 Å². The lowest BCUT2D eigenvalue weighted by Gasteiger charge is -2.04. The van der Waals surface area contributed by atoms with E-state index in [9.17, 15) is 4.79 Å². The topological polar surface area (TPSA) is 39.2 Å². The van der Waals surface area contributed by atoms with Gasteiger partial charge in [0.15, 0.2) is 5.78 Å². The highest BCUT2D eigenvalue weighted by Crippen LogP contribution is 2.22. The lowest BCUT2D eigenvalue weighted by Crippen LogP contribution is -1.96. The number of ether oxygens (including phenoxy) is 1. The molecule has 0 fully saturated rings. The van der Waals surface area contributed by atoms with Crippen molar-refractivity contribution < 1.29 is 9.53 Å². The number of rotatable bonds is 5. The number of thiazole rings is 1. The molecular formula is C15H17NO2S. The molecule has 0 aliphatic carbocycles. The molecule has 2 rings (SSSR count). The van der Waals surface area contributed by atoms with Crippen LogP contribution in [0.25, 0.3) is 0 Å². The monoisotopic (exact) mass is 275 g/mol. The minimum Gasteiger partial charge on any atom is -0.486 e. The predicted molar refractivity (Wildman–Crippen MR) is 77.0 cm³/mol. The van der Waals surface area contributed by atoms with Crippen LogP contribution in [-0.2, 0) is 13.0 Å². The van der Waals surface area contributed by atoms with Crippen molar-refractivity contribution in [1.29, 1.82) is 0 Å². The van der Waals surface area contributed by atoms with Gasteiger partial charge in [-0.2, -0.15) is 0 Å². The maximum Gasteiger partial charge on any atom is 0.171 e. The molecule has 4 heteroatoms. The Morgan fingerprint density at radius 3 is 2.79 bits per heavy atom. The molecular weight excluding hydrogens is 258 g/mol. The van der Waals surface area contributed by atoms with E-state index >= 15 is 0 Å². The fourth-order valence-corrected chi connectivity index (χ4v) is 2.79. The SMILES string of the molecule is CCc1nc(COc2cccc(C)c2)sc1C(C)=O. The normalized spacial score (nSPS) is 10.5. The highest BCUT2D eigenvalue weighted by molar-refractivity contribution is 7.13.